The zero-order valence-corrected chi connectivity index (χ0v) is 12.0. The monoisotopic (exact) mass is 276 g/mol. The molecule has 2 N–H and O–H groups in total. The Morgan fingerprint density at radius 1 is 1.22 bits per heavy atom. The van der Waals surface area contributed by atoms with Crippen molar-refractivity contribution in [3.63, 3.8) is 0 Å². The minimum absolute atomic E-state index is 0.0704. The quantitative estimate of drug-likeness (QED) is 0.699. The summed E-state index contributed by atoms with van der Waals surface area (Å²) in [4.78, 5) is 2.25. The van der Waals surface area contributed by atoms with Crippen molar-refractivity contribution in [2.24, 2.45) is 5.92 Å². The highest BCUT2D eigenvalue weighted by molar-refractivity contribution is 7.87. The van der Waals surface area contributed by atoms with Crippen molar-refractivity contribution in [3.05, 3.63) is 0 Å². The lowest BCUT2D eigenvalue weighted by molar-refractivity contribution is 0.186. The Labute approximate surface area is 110 Å². The minimum atomic E-state index is -3.31. The first kappa shape index (κ1) is 14.2. The normalized spacial score (nSPS) is 32.6. The number of hydrogen-bond donors (Lipinski definition) is 2. The van der Waals surface area contributed by atoms with Crippen LogP contribution in [-0.4, -0.2) is 70.0 Å². The summed E-state index contributed by atoms with van der Waals surface area (Å²) < 4.78 is 28.9. The highest BCUT2D eigenvalue weighted by Crippen LogP contribution is 2.17. The molecule has 2 aliphatic rings. The molecule has 0 amide bonds. The predicted molar refractivity (Wildman–Crippen MR) is 71.6 cm³/mol. The number of rotatable bonds is 3. The van der Waals surface area contributed by atoms with Crippen molar-refractivity contribution in [2.75, 3.05) is 46.3 Å². The zero-order valence-electron chi connectivity index (χ0n) is 11.2. The van der Waals surface area contributed by atoms with Gasteiger partial charge in [0.2, 0.25) is 0 Å². The number of hydrogen-bond acceptors (Lipinski definition) is 4. The predicted octanol–water partition coefficient (Wildman–Crippen LogP) is -0.934. The van der Waals surface area contributed by atoms with Gasteiger partial charge in [-0.25, -0.2) is 0 Å². The van der Waals surface area contributed by atoms with Gasteiger partial charge < -0.3 is 10.2 Å². The first-order valence-electron chi connectivity index (χ1n) is 6.66. The van der Waals surface area contributed by atoms with Crippen LogP contribution in [0.4, 0.5) is 0 Å². The van der Waals surface area contributed by atoms with Crippen LogP contribution in [0.5, 0.6) is 0 Å². The van der Waals surface area contributed by atoms with Crippen LogP contribution < -0.4 is 10.0 Å². The van der Waals surface area contributed by atoms with E-state index in [1.165, 1.54) is 0 Å². The molecule has 2 unspecified atom stereocenters. The summed E-state index contributed by atoms with van der Waals surface area (Å²) in [7, 11) is -1.23. The molecule has 0 aromatic heterocycles. The fourth-order valence-corrected chi connectivity index (χ4v) is 4.22. The number of likely N-dealkylation sites (tertiary alicyclic amines) is 1. The Hall–Kier alpha value is -0.210. The van der Waals surface area contributed by atoms with Crippen LogP contribution in [0.3, 0.4) is 0 Å². The molecule has 2 rings (SSSR count). The average Bonchev–Trinajstić information content (AvgIpc) is 2.34. The standard InChI is InChI=1S/C11H24N4O2S/c1-10-9-14(2)6-3-11(10)13-18(16,17)15-7-4-12-5-8-15/h10-13H,3-9H2,1-2H3. The van der Waals surface area contributed by atoms with E-state index in [1.807, 2.05) is 0 Å². The smallest absolute Gasteiger partial charge is 0.279 e. The molecular weight excluding hydrogens is 252 g/mol. The number of nitrogens with zero attached hydrogens (tertiary/aromatic N) is 2. The van der Waals surface area contributed by atoms with Crippen LogP contribution in [0, 0.1) is 5.92 Å². The second-order valence-electron chi connectivity index (χ2n) is 5.41. The Bertz CT molecular complexity index is 367. The highest BCUT2D eigenvalue weighted by Gasteiger charge is 2.31. The molecule has 0 aromatic carbocycles. The van der Waals surface area contributed by atoms with E-state index in [2.05, 4.69) is 28.9 Å². The van der Waals surface area contributed by atoms with Gasteiger partial charge in [0.15, 0.2) is 0 Å². The fraction of sp³-hybridized carbons (Fsp3) is 1.00. The maximum absolute atomic E-state index is 12.3. The van der Waals surface area contributed by atoms with Crippen molar-refractivity contribution in [1.82, 2.24) is 19.2 Å². The molecule has 2 saturated heterocycles. The maximum atomic E-state index is 12.3. The Balaban J connectivity index is 1.94. The molecule has 0 bridgehead atoms. The minimum Gasteiger partial charge on any atom is -0.314 e. The number of piperidine rings is 1. The van der Waals surface area contributed by atoms with Crippen LogP contribution in [0.25, 0.3) is 0 Å². The molecule has 0 aliphatic carbocycles. The van der Waals surface area contributed by atoms with Crippen LogP contribution >= 0.6 is 0 Å². The van der Waals surface area contributed by atoms with E-state index < -0.39 is 10.2 Å². The lowest BCUT2D eigenvalue weighted by Crippen LogP contribution is -2.55. The molecule has 18 heavy (non-hydrogen) atoms. The summed E-state index contributed by atoms with van der Waals surface area (Å²) in [6.07, 6.45) is 0.892. The summed E-state index contributed by atoms with van der Waals surface area (Å²) in [5.41, 5.74) is 0. The van der Waals surface area contributed by atoms with Crippen LogP contribution in [0.15, 0.2) is 0 Å². The van der Waals surface area contributed by atoms with Gasteiger partial charge in [-0.2, -0.15) is 17.4 Å². The molecule has 7 heteroatoms. The Morgan fingerprint density at radius 3 is 2.50 bits per heavy atom. The van der Waals surface area contributed by atoms with E-state index in [1.54, 1.807) is 4.31 Å². The lowest BCUT2D eigenvalue weighted by Gasteiger charge is -2.36. The molecule has 2 heterocycles. The van der Waals surface area contributed by atoms with E-state index >= 15 is 0 Å². The van der Waals surface area contributed by atoms with Gasteiger partial charge in [0.1, 0.15) is 0 Å². The summed E-state index contributed by atoms with van der Waals surface area (Å²) in [6.45, 7) is 6.63. The van der Waals surface area contributed by atoms with Crippen LogP contribution in [0.1, 0.15) is 13.3 Å². The van der Waals surface area contributed by atoms with Gasteiger partial charge in [0, 0.05) is 38.8 Å². The maximum Gasteiger partial charge on any atom is 0.279 e. The Morgan fingerprint density at radius 2 is 1.89 bits per heavy atom. The second kappa shape index (κ2) is 5.83. The van der Waals surface area contributed by atoms with Gasteiger partial charge in [-0.05, 0) is 25.9 Å². The molecule has 0 spiro atoms. The number of nitrogens with one attached hydrogen (secondary N) is 2. The first-order chi connectivity index (χ1) is 8.49. The van der Waals surface area contributed by atoms with Crippen LogP contribution in [-0.2, 0) is 10.2 Å². The topological polar surface area (TPSA) is 64.7 Å². The molecule has 0 saturated carbocycles. The van der Waals surface area contributed by atoms with Gasteiger partial charge in [-0.1, -0.05) is 6.92 Å². The fourth-order valence-electron chi connectivity index (χ4n) is 2.68. The third-order valence-electron chi connectivity index (χ3n) is 3.82. The molecule has 6 nitrogen and oxygen atoms in total. The van der Waals surface area contributed by atoms with Crippen molar-refractivity contribution in [2.45, 2.75) is 19.4 Å². The summed E-state index contributed by atoms with van der Waals surface area (Å²) >= 11 is 0. The van der Waals surface area contributed by atoms with Crippen molar-refractivity contribution in [3.8, 4) is 0 Å². The van der Waals surface area contributed by atoms with Gasteiger partial charge >= 0.3 is 0 Å². The highest BCUT2D eigenvalue weighted by atomic mass is 32.2. The zero-order chi connectivity index (χ0) is 13.2. The van der Waals surface area contributed by atoms with E-state index in [9.17, 15) is 8.42 Å². The van der Waals surface area contributed by atoms with Gasteiger partial charge in [0.25, 0.3) is 10.2 Å². The molecule has 106 valence electrons. The van der Waals surface area contributed by atoms with Gasteiger partial charge in [0.05, 0.1) is 0 Å². The largest absolute Gasteiger partial charge is 0.314 e. The third-order valence-corrected chi connectivity index (χ3v) is 5.47. The second-order valence-corrected chi connectivity index (χ2v) is 7.11. The first-order valence-corrected chi connectivity index (χ1v) is 8.10. The molecule has 2 atom stereocenters. The SMILES string of the molecule is CC1CN(C)CCC1NS(=O)(=O)N1CCNCC1. The third kappa shape index (κ3) is 3.42. The van der Waals surface area contributed by atoms with Gasteiger partial charge in [-0.15, -0.1) is 0 Å². The average molecular weight is 276 g/mol. The molecule has 0 radical (unpaired) electrons. The van der Waals surface area contributed by atoms with Crippen molar-refractivity contribution in [1.29, 1.82) is 0 Å². The van der Waals surface area contributed by atoms with Gasteiger partial charge in [-0.3, -0.25) is 0 Å². The van der Waals surface area contributed by atoms with Crippen molar-refractivity contribution < 1.29 is 8.42 Å². The van der Waals surface area contributed by atoms with E-state index in [0.717, 1.165) is 32.6 Å². The Kier molecular flexibility index (Phi) is 4.60. The molecule has 0 aromatic rings. The summed E-state index contributed by atoms with van der Waals surface area (Å²) in [6, 6.07) is 0.0704. The summed E-state index contributed by atoms with van der Waals surface area (Å²) in [5.74, 6) is 0.362. The van der Waals surface area contributed by atoms with Crippen LogP contribution in [0.2, 0.25) is 0 Å². The van der Waals surface area contributed by atoms with E-state index in [0.29, 0.717) is 19.0 Å². The molecule has 2 fully saturated rings. The number of piperazine rings is 1. The lowest BCUT2D eigenvalue weighted by atomic mass is 9.95. The van der Waals surface area contributed by atoms with E-state index in [4.69, 9.17) is 0 Å². The molecule has 2 aliphatic heterocycles. The molecular formula is C11H24N4O2S. The van der Waals surface area contributed by atoms with Crippen molar-refractivity contribution >= 4 is 10.2 Å². The van der Waals surface area contributed by atoms with E-state index in [-0.39, 0.29) is 6.04 Å². The summed E-state index contributed by atoms with van der Waals surface area (Å²) in [5, 5.41) is 3.16.